The molecule has 9 heteroatoms. The highest BCUT2D eigenvalue weighted by Gasteiger charge is 2.18. The molecular weight excluding hydrogens is 356 g/mol. The number of rotatable bonds is 5. The van der Waals surface area contributed by atoms with Gasteiger partial charge in [-0.3, -0.25) is 0 Å². The molecule has 0 aliphatic rings. The number of nitrogens with zero attached hydrogens (tertiary/aromatic N) is 5. The van der Waals surface area contributed by atoms with Gasteiger partial charge in [-0.25, -0.2) is 14.6 Å². The molecule has 0 radical (unpaired) electrons. The Morgan fingerprint density at radius 2 is 1.77 bits per heavy atom. The molecule has 0 aliphatic heterocycles. The van der Waals surface area contributed by atoms with Crippen molar-refractivity contribution in [3.8, 4) is 11.5 Å². The average molecular weight is 377 g/mol. The summed E-state index contributed by atoms with van der Waals surface area (Å²) in [5, 5.41) is 31.8. The van der Waals surface area contributed by atoms with Gasteiger partial charge < -0.3 is 15.5 Å². The molecule has 3 N–H and O–H groups in total. The lowest BCUT2D eigenvalue weighted by Gasteiger charge is -2.13. The van der Waals surface area contributed by atoms with E-state index in [4.69, 9.17) is 11.6 Å². The van der Waals surface area contributed by atoms with E-state index >= 15 is 0 Å². The molecule has 0 spiro atoms. The highest BCUT2D eigenvalue weighted by atomic mass is 35.5. The van der Waals surface area contributed by atoms with Gasteiger partial charge in [-0.05, 0) is 26.0 Å². The van der Waals surface area contributed by atoms with E-state index in [2.05, 4.69) is 25.6 Å². The number of phenolic OH excluding ortho intramolecular Hbond substituents is 2. The highest BCUT2D eigenvalue weighted by Crippen LogP contribution is 2.32. The third-order valence-corrected chi connectivity index (χ3v) is 4.16. The maximum atomic E-state index is 10.0. The van der Waals surface area contributed by atoms with Gasteiger partial charge >= 0.3 is 0 Å². The third kappa shape index (κ3) is 3.37. The summed E-state index contributed by atoms with van der Waals surface area (Å²) in [4.78, 5) is 9.13. The molecule has 138 valence electrons. The summed E-state index contributed by atoms with van der Waals surface area (Å²) < 4.78 is 1.74. The third-order valence-electron chi connectivity index (χ3n) is 3.95. The van der Waals surface area contributed by atoms with Crippen LogP contribution in [0, 0.1) is 0 Å². The quantitative estimate of drug-likeness (QED) is 0.624. The van der Waals surface area contributed by atoms with Gasteiger partial charge in [-0.2, -0.15) is 0 Å². The van der Waals surface area contributed by atoms with Crippen LogP contribution in [0.2, 0.25) is 5.02 Å². The van der Waals surface area contributed by atoms with Crippen LogP contribution in [0.5, 0.6) is 11.5 Å². The molecule has 0 bridgehead atoms. The van der Waals surface area contributed by atoms with Crippen LogP contribution in [-0.4, -0.2) is 35.2 Å². The summed E-state index contributed by atoms with van der Waals surface area (Å²) in [7, 11) is 0. The maximum Gasteiger partial charge on any atom is 0.184 e. The van der Waals surface area contributed by atoms with E-state index in [1.54, 1.807) is 4.68 Å². The number of nitrogens with one attached hydrogen (secondary N) is 1. The summed E-state index contributed by atoms with van der Waals surface area (Å²) in [6.45, 7) is 8.16. The van der Waals surface area contributed by atoms with E-state index < -0.39 is 0 Å². The van der Waals surface area contributed by atoms with Crippen LogP contribution < -0.4 is 5.32 Å². The minimum atomic E-state index is -0.0947. The Balaban J connectivity index is 2.02. The molecule has 0 amide bonds. The molecule has 1 aromatic carbocycles. The zero-order chi connectivity index (χ0) is 19.0. The van der Waals surface area contributed by atoms with Gasteiger partial charge in [-0.15, -0.1) is 5.10 Å². The van der Waals surface area contributed by atoms with Crippen molar-refractivity contribution in [2.45, 2.75) is 46.2 Å². The number of anilines is 1. The molecule has 2 aromatic heterocycles. The molecule has 2 heterocycles. The molecule has 26 heavy (non-hydrogen) atoms. The van der Waals surface area contributed by atoms with E-state index in [1.165, 1.54) is 12.1 Å². The topological polar surface area (TPSA) is 109 Å². The van der Waals surface area contributed by atoms with Crippen molar-refractivity contribution >= 4 is 28.6 Å². The van der Waals surface area contributed by atoms with Crippen LogP contribution in [0.3, 0.4) is 0 Å². The molecule has 0 unspecified atom stereocenters. The normalized spacial score (nSPS) is 11.7. The number of aromatic hydroxyl groups is 2. The fourth-order valence-corrected chi connectivity index (χ4v) is 2.74. The lowest BCUT2D eigenvalue weighted by Crippen LogP contribution is -2.09. The zero-order valence-electron chi connectivity index (χ0n) is 15.0. The van der Waals surface area contributed by atoms with Crippen LogP contribution in [0.1, 0.15) is 51.0 Å². The van der Waals surface area contributed by atoms with Crippen LogP contribution in [-0.2, 0) is 6.54 Å². The average Bonchev–Trinajstić information content (AvgIpc) is 2.97. The molecule has 8 nitrogen and oxygen atoms in total. The molecule has 0 aliphatic carbocycles. The monoisotopic (exact) mass is 376 g/mol. The molecular formula is C17H21ClN6O2. The lowest BCUT2D eigenvalue weighted by molar-refractivity contribution is 0.440. The van der Waals surface area contributed by atoms with Gasteiger partial charge in [0.15, 0.2) is 17.0 Å². The number of fused-ring (bicyclic) bond motifs is 1. The largest absolute Gasteiger partial charge is 0.507 e. The number of phenols is 2. The van der Waals surface area contributed by atoms with Crippen molar-refractivity contribution in [3.63, 3.8) is 0 Å². The van der Waals surface area contributed by atoms with E-state index in [1.807, 2.05) is 27.7 Å². The van der Waals surface area contributed by atoms with E-state index in [9.17, 15) is 10.2 Å². The van der Waals surface area contributed by atoms with Crippen LogP contribution >= 0.6 is 11.6 Å². The van der Waals surface area contributed by atoms with E-state index in [-0.39, 0.29) is 35.0 Å². The summed E-state index contributed by atoms with van der Waals surface area (Å²) in [6, 6.07) is 2.86. The first-order valence-corrected chi connectivity index (χ1v) is 8.72. The van der Waals surface area contributed by atoms with Crippen molar-refractivity contribution in [1.82, 2.24) is 25.0 Å². The van der Waals surface area contributed by atoms with Crippen molar-refractivity contribution in [2.75, 3.05) is 5.32 Å². The Morgan fingerprint density at radius 3 is 2.35 bits per heavy atom. The van der Waals surface area contributed by atoms with Gasteiger partial charge in [0.1, 0.15) is 17.3 Å². The predicted octanol–water partition coefficient (Wildman–Crippen LogP) is 3.60. The summed E-state index contributed by atoms with van der Waals surface area (Å²) in [5.74, 6) is 1.09. The Morgan fingerprint density at radius 1 is 1.12 bits per heavy atom. The fourth-order valence-electron chi connectivity index (χ4n) is 2.54. The van der Waals surface area contributed by atoms with E-state index in [0.717, 1.165) is 0 Å². The first-order chi connectivity index (χ1) is 12.3. The number of benzene rings is 1. The van der Waals surface area contributed by atoms with Crippen molar-refractivity contribution in [2.24, 2.45) is 0 Å². The minimum Gasteiger partial charge on any atom is -0.507 e. The van der Waals surface area contributed by atoms with Crippen LogP contribution in [0.25, 0.3) is 11.2 Å². The molecule has 3 rings (SSSR count). The number of hydrogen-bond donors (Lipinski definition) is 3. The van der Waals surface area contributed by atoms with Gasteiger partial charge in [0.05, 0.1) is 11.6 Å². The molecule has 0 fully saturated rings. The molecule has 0 atom stereocenters. The Labute approximate surface area is 155 Å². The second kappa shape index (κ2) is 6.95. The Hall–Kier alpha value is -2.61. The van der Waals surface area contributed by atoms with Crippen molar-refractivity contribution in [3.05, 3.63) is 28.5 Å². The lowest BCUT2D eigenvalue weighted by atomic mass is 10.1. The molecule has 0 saturated heterocycles. The van der Waals surface area contributed by atoms with Gasteiger partial charge in [0, 0.05) is 17.5 Å². The number of halogens is 1. The second-order valence-electron chi connectivity index (χ2n) is 6.66. The first-order valence-electron chi connectivity index (χ1n) is 8.35. The van der Waals surface area contributed by atoms with Crippen molar-refractivity contribution in [1.29, 1.82) is 0 Å². The minimum absolute atomic E-state index is 0.0947. The Bertz CT molecular complexity index is 931. The predicted molar refractivity (Wildman–Crippen MR) is 99.7 cm³/mol. The Kier molecular flexibility index (Phi) is 4.86. The van der Waals surface area contributed by atoms with E-state index in [0.29, 0.717) is 28.4 Å². The summed E-state index contributed by atoms with van der Waals surface area (Å²) in [5.41, 5.74) is 1.50. The number of hydrogen-bond acceptors (Lipinski definition) is 7. The standard InChI is InChI=1S/C17H21ClN6O2/c1-8(2)15-20-16(14-17(21-15)24(9(3)4)23-22-14)19-7-11-12(25)5-10(18)6-13(11)26/h5-6,8-9,25-26H,7H2,1-4H3,(H,19,20,21). The highest BCUT2D eigenvalue weighted by molar-refractivity contribution is 6.30. The molecule has 3 aromatic rings. The summed E-state index contributed by atoms with van der Waals surface area (Å²) in [6.07, 6.45) is 0. The van der Waals surface area contributed by atoms with Gasteiger partial charge in [-0.1, -0.05) is 30.7 Å². The van der Waals surface area contributed by atoms with Gasteiger partial charge in [0.2, 0.25) is 0 Å². The summed E-state index contributed by atoms with van der Waals surface area (Å²) >= 11 is 5.82. The van der Waals surface area contributed by atoms with Crippen molar-refractivity contribution < 1.29 is 10.2 Å². The fraction of sp³-hybridized carbons (Fsp3) is 0.412. The van der Waals surface area contributed by atoms with Crippen LogP contribution in [0.4, 0.5) is 5.82 Å². The molecule has 0 saturated carbocycles. The second-order valence-corrected chi connectivity index (χ2v) is 7.10. The van der Waals surface area contributed by atoms with Gasteiger partial charge in [0.25, 0.3) is 0 Å². The maximum absolute atomic E-state index is 10.0. The smallest absolute Gasteiger partial charge is 0.184 e. The first kappa shape index (κ1) is 18.2. The number of aromatic nitrogens is 5. The SMILES string of the molecule is CC(C)c1nc(NCc2c(O)cc(Cl)cc2O)c2nnn(C(C)C)c2n1. The zero-order valence-corrected chi connectivity index (χ0v) is 15.8. The van der Waals surface area contributed by atoms with Crippen LogP contribution in [0.15, 0.2) is 12.1 Å².